The number of carbonyl (C=O) groups excluding carboxylic acids is 2. The number of hydrogen-bond donors (Lipinski definition) is 3. The zero-order valence-electron chi connectivity index (χ0n) is 10.9. The van der Waals surface area contributed by atoms with Crippen LogP contribution in [0.3, 0.4) is 0 Å². The van der Waals surface area contributed by atoms with Crippen LogP contribution >= 0.6 is 12.4 Å². The highest BCUT2D eigenvalue weighted by Crippen LogP contribution is 2.19. The highest BCUT2D eigenvalue weighted by molar-refractivity contribution is 5.94. The van der Waals surface area contributed by atoms with E-state index in [2.05, 4.69) is 5.32 Å². The van der Waals surface area contributed by atoms with E-state index in [9.17, 15) is 22.8 Å². The molecule has 0 fully saturated rings. The Morgan fingerprint density at radius 1 is 1.10 bits per heavy atom. The number of anilines is 1. The predicted octanol–water partition coefficient (Wildman–Crippen LogP) is 1.32. The summed E-state index contributed by atoms with van der Waals surface area (Å²) in [7, 11) is 0. The van der Waals surface area contributed by atoms with E-state index in [4.69, 9.17) is 5.73 Å². The largest absolute Gasteiger partial charge is 0.347 e. The van der Waals surface area contributed by atoms with Crippen LogP contribution in [0, 0.1) is 17.5 Å². The van der Waals surface area contributed by atoms with Crippen LogP contribution in [0.4, 0.5) is 18.9 Å². The molecule has 0 aliphatic heterocycles. The molecule has 0 saturated carbocycles. The fourth-order valence-corrected chi connectivity index (χ4v) is 1.35. The Bertz CT molecular complexity index is 515. The number of amides is 2. The molecule has 2 amide bonds. The van der Waals surface area contributed by atoms with Gasteiger partial charge in [0.15, 0.2) is 17.5 Å². The summed E-state index contributed by atoms with van der Waals surface area (Å²) in [5.41, 5.74) is 4.72. The van der Waals surface area contributed by atoms with Crippen molar-refractivity contribution in [1.82, 2.24) is 5.32 Å². The molecule has 0 heterocycles. The summed E-state index contributed by atoms with van der Waals surface area (Å²) in [4.78, 5) is 22.6. The van der Waals surface area contributed by atoms with Crippen LogP contribution in [-0.2, 0) is 9.59 Å². The molecule has 1 aromatic rings. The van der Waals surface area contributed by atoms with Crippen LogP contribution in [0.5, 0.6) is 0 Å². The lowest BCUT2D eigenvalue weighted by Crippen LogP contribution is -2.33. The van der Waals surface area contributed by atoms with E-state index >= 15 is 0 Å². The van der Waals surface area contributed by atoms with Crippen molar-refractivity contribution in [3.8, 4) is 0 Å². The predicted molar refractivity (Wildman–Crippen MR) is 73.5 cm³/mol. The molecule has 1 rings (SSSR count). The monoisotopic (exact) mass is 325 g/mol. The van der Waals surface area contributed by atoms with Crippen LogP contribution in [-0.4, -0.2) is 24.9 Å². The number of hydrogen-bond acceptors (Lipinski definition) is 3. The summed E-state index contributed by atoms with van der Waals surface area (Å²) in [5, 5.41) is 4.32. The molecule has 0 atom stereocenters. The molecule has 0 saturated heterocycles. The maximum absolute atomic E-state index is 13.3. The SMILES string of the molecule is Cl.NCCCC(=O)NCC(=O)Nc1ccc(F)c(F)c1F. The highest BCUT2D eigenvalue weighted by Gasteiger charge is 2.15. The van der Waals surface area contributed by atoms with Crippen LogP contribution in [0.25, 0.3) is 0 Å². The zero-order valence-corrected chi connectivity index (χ0v) is 11.7. The Balaban J connectivity index is 0.00000400. The Morgan fingerprint density at radius 2 is 1.76 bits per heavy atom. The van der Waals surface area contributed by atoms with E-state index in [1.54, 1.807) is 0 Å². The van der Waals surface area contributed by atoms with Gasteiger partial charge in [-0.2, -0.15) is 0 Å². The lowest BCUT2D eigenvalue weighted by atomic mass is 10.2. The highest BCUT2D eigenvalue weighted by atomic mass is 35.5. The van der Waals surface area contributed by atoms with Crippen LogP contribution in [0.15, 0.2) is 12.1 Å². The van der Waals surface area contributed by atoms with Gasteiger partial charge in [-0.15, -0.1) is 12.4 Å². The van der Waals surface area contributed by atoms with Crippen molar-refractivity contribution in [2.75, 3.05) is 18.4 Å². The van der Waals surface area contributed by atoms with E-state index in [-0.39, 0.29) is 24.7 Å². The van der Waals surface area contributed by atoms with Gasteiger partial charge in [-0.1, -0.05) is 0 Å². The molecule has 21 heavy (non-hydrogen) atoms. The van der Waals surface area contributed by atoms with Crippen LogP contribution < -0.4 is 16.4 Å². The van der Waals surface area contributed by atoms with Crippen molar-refractivity contribution in [1.29, 1.82) is 0 Å². The first kappa shape index (κ1) is 19.2. The molecule has 118 valence electrons. The number of carbonyl (C=O) groups is 2. The fourth-order valence-electron chi connectivity index (χ4n) is 1.35. The summed E-state index contributed by atoms with van der Waals surface area (Å²) in [5.74, 6) is -5.65. The molecular formula is C12H15ClF3N3O2. The van der Waals surface area contributed by atoms with Gasteiger partial charge in [-0.05, 0) is 25.1 Å². The molecular weight excluding hydrogens is 311 g/mol. The van der Waals surface area contributed by atoms with Gasteiger partial charge < -0.3 is 16.4 Å². The van der Waals surface area contributed by atoms with Gasteiger partial charge in [-0.3, -0.25) is 9.59 Å². The average Bonchev–Trinajstić information content (AvgIpc) is 2.43. The minimum Gasteiger partial charge on any atom is -0.347 e. The molecule has 5 nitrogen and oxygen atoms in total. The van der Waals surface area contributed by atoms with Gasteiger partial charge in [0.25, 0.3) is 0 Å². The van der Waals surface area contributed by atoms with E-state index in [0.717, 1.165) is 6.07 Å². The lowest BCUT2D eigenvalue weighted by Gasteiger charge is -2.08. The smallest absolute Gasteiger partial charge is 0.243 e. The molecule has 9 heteroatoms. The molecule has 0 aliphatic rings. The number of benzene rings is 1. The van der Waals surface area contributed by atoms with E-state index in [1.807, 2.05) is 5.32 Å². The number of rotatable bonds is 6. The van der Waals surface area contributed by atoms with Gasteiger partial charge >= 0.3 is 0 Å². The summed E-state index contributed by atoms with van der Waals surface area (Å²) >= 11 is 0. The second-order valence-electron chi connectivity index (χ2n) is 3.94. The summed E-state index contributed by atoms with van der Waals surface area (Å²) in [6, 6.07) is 1.58. The zero-order chi connectivity index (χ0) is 15.1. The van der Waals surface area contributed by atoms with Gasteiger partial charge in [0.1, 0.15) is 0 Å². The first-order chi connectivity index (χ1) is 9.45. The van der Waals surface area contributed by atoms with E-state index in [0.29, 0.717) is 19.0 Å². The Kier molecular flexibility index (Phi) is 8.41. The van der Waals surface area contributed by atoms with Gasteiger partial charge in [0.05, 0.1) is 12.2 Å². The van der Waals surface area contributed by atoms with Crippen molar-refractivity contribution in [3.05, 3.63) is 29.6 Å². The average molecular weight is 326 g/mol. The maximum Gasteiger partial charge on any atom is 0.243 e. The fraction of sp³-hybridized carbons (Fsp3) is 0.333. The third-order valence-corrected chi connectivity index (χ3v) is 2.36. The van der Waals surface area contributed by atoms with Crippen LogP contribution in [0.1, 0.15) is 12.8 Å². The normalized spacial score (nSPS) is 9.71. The molecule has 0 aromatic heterocycles. The first-order valence-electron chi connectivity index (χ1n) is 5.85. The van der Waals surface area contributed by atoms with Gasteiger partial charge in [-0.25, -0.2) is 13.2 Å². The van der Waals surface area contributed by atoms with Crippen molar-refractivity contribution in [2.24, 2.45) is 5.73 Å². The maximum atomic E-state index is 13.3. The molecule has 0 radical (unpaired) electrons. The van der Waals surface area contributed by atoms with E-state index < -0.39 is 35.6 Å². The van der Waals surface area contributed by atoms with Crippen molar-refractivity contribution < 1.29 is 22.8 Å². The summed E-state index contributed by atoms with van der Waals surface area (Å²) in [6.07, 6.45) is 0.647. The van der Waals surface area contributed by atoms with Crippen molar-refractivity contribution in [2.45, 2.75) is 12.8 Å². The second kappa shape index (κ2) is 9.19. The molecule has 0 spiro atoms. The second-order valence-corrected chi connectivity index (χ2v) is 3.94. The topological polar surface area (TPSA) is 84.2 Å². The van der Waals surface area contributed by atoms with E-state index in [1.165, 1.54) is 0 Å². The molecule has 0 aliphatic carbocycles. The first-order valence-corrected chi connectivity index (χ1v) is 5.85. The summed E-state index contributed by atoms with van der Waals surface area (Å²) in [6.45, 7) is -0.0540. The molecule has 1 aromatic carbocycles. The Morgan fingerprint density at radius 3 is 2.38 bits per heavy atom. The lowest BCUT2D eigenvalue weighted by molar-refractivity contribution is -0.124. The molecule has 4 N–H and O–H groups in total. The minimum absolute atomic E-state index is 0. The third-order valence-electron chi connectivity index (χ3n) is 2.36. The number of halogens is 4. The third kappa shape index (κ3) is 6.01. The summed E-state index contributed by atoms with van der Waals surface area (Å²) < 4.78 is 38.8. The minimum atomic E-state index is -1.67. The number of nitrogens with two attached hydrogens (primary N) is 1. The number of nitrogens with one attached hydrogen (secondary N) is 2. The Hall–Kier alpha value is -1.80. The van der Waals surface area contributed by atoms with Crippen molar-refractivity contribution in [3.63, 3.8) is 0 Å². The standard InChI is InChI=1S/C12H14F3N3O2.ClH/c13-7-3-4-8(12(15)11(7)14)18-10(20)6-17-9(19)2-1-5-16;/h3-4H,1-2,5-6,16H2,(H,17,19)(H,18,20);1H. The molecule has 0 bridgehead atoms. The van der Waals surface area contributed by atoms with Gasteiger partial charge in [0.2, 0.25) is 11.8 Å². The Labute approximate surface area is 125 Å². The van der Waals surface area contributed by atoms with Crippen LogP contribution in [0.2, 0.25) is 0 Å². The molecule has 0 unspecified atom stereocenters. The quantitative estimate of drug-likeness (QED) is 0.690. The van der Waals surface area contributed by atoms with Crippen molar-refractivity contribution >= 4 is 29.9 Å². The van der Waals surface area contributed by atoms with Gasteiger partial charge in [0, 0.05) is 6.42 Å².